The third-order valence-electron chi connectivity index (χ3n) is 5.99. The second kappa shape index (κ2) is 11.5. The van der Waals surface area contributed by atoms with Gasteiger partial charge in [-0.3, -0.25) is 14.6 Å². The van der Waals surface area contributed by atoms with Crippen molar-refractivity contribution in [3.8, 4) is 0 Å². The molecule has 184 valence electrons. The number of aromatic nitrogens is 4. The quantitative estimate of drug-likeness (QED) is 0.318. The molecule has 10 heteroatoms. The highest BCUT2D eigenvalue weighted by Gasteiger charge is 2.30. The maximum Gasteiger partial charge on any atom is 0.416 e. The molecule has 0 amide bonds. The summed E-state index contributed by atoms with van der Waals surface area (Å²) >= 11 is 1.68. The van der Waals surface area contributed by atoms with E-state index in [0.29, 0.717) is 11.6 Å². The smallest absolute Gasteiger partial charge is 0.312 e. The Kier molecular flexibility index (Phi) is 8.44. The highest BCUT2D eigenvalue weighted by Crippen LogP contribution is 2.34. The number of unbranched alkanes of at least 4 members (excludes halogenated alkanes) is 3. The topological polar surface area (TPSA) is 58.9 Å². The Morgan fingerprint density at radius 2 is 2.00 bits per heavy atom. The van der Waals surface area contributed by atoms with Crippen LogP contribution >= 0.6 is 11.8 Å². The molecule has 1 fully saturated rings. The molecule has 3 heterocycles. The van der Waals surface area contributed by atoms with Gasteiger partial charge in [0, 0.05) is 61.4 Å². The van der Waals surface area contributed by atoms with Crippen LogP contribution in [0.5, 0.6) is 0 Å². The minimum Gasteiger partial charge on any atom is -0.312 e. The zero-order valence-corrected chi connectivity index (χ0v) is 20.2. The minimum absolute atomic E-state index is 0.387. The maximum absolute atomic E-state index is 12.9. The van der Waals surface area contributed by atoms with E-state index in [2.05, 4.69) is 38.6 Å². The molecule has 1 saturated heterocycles. The summed E-state index contributed by atoms with van der Waals surface area (Å²) in [5.41, 5.74) is 0.753. The number of piperazine rings is 1. The van der Waals surface area contributed by atoms with Crippen molar-refractivity contribution in [3.63, 3.8) is 0 Å². The number of thioether (sulfide) groups is 1. The van der Waals surface area contributed by atoms with Gasteiger partial charge in [0.1, 0.15) is 0 Å². The molecule has 3 aromatic rings. The number of hydrogen-bond donors (Lipinski definition) is 1. The molecule has 0 aliphatic carbocycles. The first-order valence-corrected chi connectivity index (χ1v) is 12.8. The summed E-state index contributed by atoms with van der Waals surface area (Å²) in [5.74, 6) is 0.927. The van der Waals surface area contributed by atoms with Gasteiger partial charge in [-0.2, -0.15) is 13.2 Å². The first kappa shape index (κ1) is 24.9. The fourth-order valence-corrected chi connectivity index (χ4v) is 5.29. The predicted molar refractivity (Wildman–Crippen MR) is 129 cm³/mol. The molecule has 1 aliphatic rings. The Morgan fingerprint density at radius 1 is 1.15 bits per heavy atom. The van der Waals surface area contributed by atoms with Crippen molar-refractivity contribution in [1.29, 1.82) is 0 Å². The predicted octanol–water partition coefficient (Wildman–Crippen LogP) is 4.99. The molecular formula is C24H31F3N6S. The lowest BCUT2D eigenvalue weighted by Crippen LogP contribution is -2.48. The SMILES string of the molecule is CC1CN(Cc2cn(CCCCCCSc3ccnc4cc(C(F)(F)F)ccc34)nn2)CCN1. The monoisotopic (exact) mass is 492 g/mol. The molecule has 1 unspecified atom stereocenters. The molecule has 6 nitrogen and oxygen atoms in total. The van der Waals surface area contributed by atoms with Gasteiger partial charge in [0.25, 0.3) is 0 Å². The van der Waals surface area contributed by atoms with E-state index < -0.39 is 11.7 Å². The van der Waals surface area contributed by atoms with Gasteiger partial charge in [0.05, 0.1) is 16.8 Å². The Hall–Kier alpha value is -2.17. The number of aryl methyl sites for hydroxylation is 1. The van der Waals surface area contributed by atoms with E-state index in [1.165, 1.54) is 6.07 Å². The number of fused-ring (bicyclic) bond motifs is 1. The molecule has 2 aromatic heterocycles. The maximum atomic E-state index is 12.9. The number of benzene rings is 1. The summed E-state index contributed by atoms with van der Waals surface area (Å²) in [4.78, 5) is 7.51. The lowest BCUT2D eigenvalue weighted by Gasteiger charge is -2.30. The number of hydrogen-bond acceptors (Lipinski definition) is 6. The number of pyridine rings is 1. The fourth-order valence-electron chi connectivity index (χ4n) is 4.24. The van der Waals surface area contributed by atoms with Crippen molar-refractivity contribution in [3.05, 3.63) is 47.9 Å². The molecule has 0 saturated carbocycles. The Morgan fingerprint density at radius 3 is 2.82 bits per heavy atom. The lowest BCUT2D eigenvalue weighted by atomic mass is 10.1. The summed E-state index contributed by atoms with van der Waals surface area (Å²) in [6.45, 7) is 7.02. The van der Waals surface area contributed by atoms with Crippen LogP contribution in [0.2, 0.25) is 0 Å². The normalized spacial score (nSPS) is 17.5. The van der Waals surface area contributed by atoms with Gasteiger partial charge in [-0.15, -0.1) is 16.9 Å². The van der Waals surface area contributed by atoms with Crippen LogP contribution in [0.4, 0.5) is 13.2 Å². The summed E-state index contributed by atoms with van der Waals surface area (Å²) in [6.07, 6.45) is 3.61. The van der Waals surface area contributed by atoms with Crippen molar-refractivity contribution >= 4 is 22.7 Å². The van der Waals surface area contributed by atoms with Crippen LogP contribution in [0.25, 0.3) is 10.9 Å². The van der Waals surface area contributed by atoms with E-state index in [-0.39, 0.29) is 0 Å². The van der Waals surface area contributed by atoms with E-state index in [1.54, 1.807) is 18.0 Å². The highest BCUT2D eigenvalue weighted by molar-refractivity contribution is 7.99. The van der Waals surface area contributed by atoms with Crippen LogP contribution in [0.1, 0.15) is 43.9 Å². The average Bonchev–Trinajstić information content (AvgIpc) is 3.24. The first-order valence-electron chi connectivity index (χ1n) is 11.8. The van der Waals surface area contributed by atoms with Gasteiger partial charge in [-0.1, -0.05) is 24.1 Å². The molecular weight excluding hydrogens is 461 g/mol. The molecule has 1 atom stereocenters. The van der Waals surface area contributed by atoms with Crippen molar-refractivity contribution in [2.45, 2.75) is 62.8 Å². The fraction of sp³-hybridized carbons (Fsp3) is 0.542. The van der Waals surface area contributed by atoms with E-state index in [1.807, 2.05) is 10.7 Å². The van der Waals surface area contributed by atoms with E-state index in [0.717, 1.165) is 92.3 Å². The van der Waals surface area contributed by atoms with Crippen LogP contribution in [0.15, 0.2) is 41.6 Å². The van der Waals surface area contributed by atoms with Crippen LogP contribution < -0.4 is 5.32 Å². The molecule has 1 aromatic carbocycles. The van der Waals surface area contributed by atoms with Gasteiger partial charge in [-0.05, 0) is 43.7 Å². The Labute approximate surface area is 202 Å². The van der Waals surface area contributed by atoms with Gasteiger partial charge in [0.15, 0.2) is 0 Å². The van der Waals surface area contributed by atoms with Crippen LogP contribution in [-0.4, -0.2) is 56.3 Å². The molecule has 1 aliphatic heterocycles. The second-order valence-electron chi connectivity index (χ2n) is 8.86. The molecule has 0 radical (unpaired) electrons. The van der Waals surface area contributed by atoms with Crippen molar-refractivity contribution in [2.24, 2.45) is 0 Å². The van der Waals surface area contributed by atoms with E-state index in [4.69, 9.17) is 0 Å². The highest BCUT2D eigenvalue weighted by atomic mass is 32.2. The summed E-state index contributed by atoms with van der Waals surface area (Å²) in [7, 11) is 0. The zero-order chi connectivity index (χ0) is 24.0. The van der Waals surface area contributed by atoms with Crippen molar-refractivity contribution in [1.82, 2.24) is 30.2 Å². The summed E-state index contributed by atoms with van der Waals surface area (Å²) in [5, 5.41) is 12.8. The van der Waals surface area contributed by atoms with Gasteiger partial charge < -0.3 is 5.32 Å². The molecule has 1 N–H and O–H groups in total. The minimum atomic E-state index is -4.35. The molecule has 0 spiro atoms. The summed E-state index contributed by atoms with van der Waals surface area (Å²) < 4.78 is 40.8. The number of nitrogens with zero attached hydrogens (tertiary/aromatic N) is 5. The van der Waals surface area contributed by atoms with Gasteiger partial charge in [-0.25, -0.2) is 0 Å². The van der Waals surface area contributed by atoms with Crippen LogP contribution in [0.3, 0.4) is 0 Å². The second-order valence-corrected chi connectivity index (χ2v) is 10.0. The van der Waals surface area contributed by atoms with Gasteiger partial charge >= 0.3 is 6.18 Å². The van der Waals surface area contributed by atoms with Crippen molar-refractivity contribution in [2.75, 3.05) is 25.4 Å². The van der Waals surface area contributed by atoms with Crippen LogP contribution in [0, 0.1) is 0 Å². The zero-order valence-electron chi connectivity index (χ0n) is 19.4. The Balaban J connectivity index is 1.15. The largest absolute Gasteiger partial charge is 0.416 e. The summed E-state index contributed by atoms with van der Waals surface area (Å²) in [6, 6.07) is 6.18. The number of nitrogens with one attached hydrogen (secondary N) is 1. The van der Waals surface area contributed by atoms with Crippen LogP contribution in [-0.2, 0) is 19.3 Å². The standard InChI is InChI=1S/C24H31F3N6S/c1-18-15-32(12-10-28-18)16-20-17-33(31-30-20)11-4-2-3-5-13-34-23-8-9-29-22-14-19(24(25,26)27)6-7-21(22)23/h6-9,14,17-18,28H,2-5,10-13,15-16H2,1H3. The molecule has 4 rings (SSSR count). The number of rotatable bonds is 10. The third-order valence-corrected chi connectivity index (χ3v) is 7.15. The van der Waals surface area contributed by atoms with E-state index in [9.17, 15) is 13.2 Å². The third kappa shape index (κ3) is 6.93. The first-order chi connectivity index (χ1) is 16.4. The number of halogens is 3. The van der Waals surface area contributed by atoms with Gasteiger partial charge in [0.2, 0.25) is 0 Å². The van der Waals surface area contributed by atoms with Crippen molar-refractivity contribution < 1.29 is 13.2 Å². The van der Waals surface area contributed by atoms with E-state index >= 15 is 0 Å². The molecule has 34 heavy (non-hydrogen) atoms. The Bertz CT molecular complexity index is 1070. The number of alkyl halides is 3. The average molecular weight is 493 g/mol. The molecule has 0 bridgehead atoms. The lowest BCUT2D eigenvalue weighted by molar-refractivity contribution is -0.137.